The van der Waals surface area contributed by atoms with E-state index in [9.17, 15) is 4.79 Å². The number of esters is 1. The largest absolute Gasteiger partial charge is 0.462 e. The van der Waals surface area contributed by atoms with Crippen molar-refractivity contribution in [3.8, 4) is 10.4 Å². The molecule has 1 heterocycles. The fourth-order valence-corrected chi connectivity index (χ4v) is 3.24. The summed E-state index contributed by atoms with van der Waals surface area (Å²) in [5.41, 5.74) is 9.91. The number of aryl methyl sites for hydroxylation is 2. The van der Waals surface area contributed by atoms with Crippen molar-refractivity contribution in [1.29, 1.82) is 0 Å². The summed E-state index contributed by atoms with van der Waals surface area (Å²) in [5.74, 6) is -0.345. The van der Waals surface area contributed by atoms with Crippen LogP contribution >= 0.6 is 11.3 Å². The molecule has 0 amide bonds. The van der Waals surface area contributed by atoms with Crippen LogP contribution in [0.4, 0.5) is 5.69 Å². The van der Waals surface area contributed by atoms with Crippen LogP contribution in [-0.2, 0) is 4.74 Å². The van der Waals surface area contributed by atoms with Crippen molar-refractivity contribution >= 4 is 23.0 Å². The molecule has 0 unspecified atom stereocenters. The Balaban J connectivity index is 2.48. The third kappa shape index (κ3) is 2.63. The molecule has 0 saturated carbocycles. The van der Waals surface area contributed by atoms with Gasteiger partial charge in [-0.05, 0) is 43.5 Å². The van der Waals surface area contributed by atoms with Crippen molar-refractivity contribution in [3.05, 3.63) is 40.3 Å². The predicted molar refractivity (Wildman–Crippen MR) is 79.6 cm³/mol. The molecule has 4 heteroatoms. The van der Waals surface area contributed by atoms with Crippen LogP contribution in [0, 0.1) is 13.8 Å². The molecular weight excluding hydrogens is 258 g/mol. The number of ether oxygens (including phenoxy) is 1. The molecule has 2 N–H and O–H groups in total. The lowest BCUT2D eigenvalue weighted by Gasteiger charge is -2.06. The van der Waals surface area contributed by atoms with Gasteiger partial charge in [-0.25, -0.2) is 4.79 Å². The van der Waals surface area contributed by atoms with E-state index < -0.39 is 0 Å². The van der Waals surface area contributed by atoms with Crippen LogP contribution in [0.15, 0.2) is 24.3 Å². The second-order valence-corrected chi connectivity index (χ2v) is 5.43. The Hall–Kier alpha value is -1.81. The van der Waals surface area contributed by atoms with E-state index in [0.717, 1.165) is 10.4 Å². The zero-order valence-corrected chi connectivity index (χ0v) is 12.1. The summed E-state index contributed by atoms with van der Waals surface area (Å²) < 4.78 is 5.01. The van der Waals surface area contributed by atoms with Crippen LogP contribution in [0.25, 0.3) is 10.4 Å². The first kappa shape index (κ1) is 13.6. The minimum Gasteiger partial charge on any atom is -0.462 e. The van der Waals surface area contributed by atoms with Crippen LogP contribution in [-0.4, -0.2) is 12.6 Å². The smallest absolute Gasteiger partial charge is 0.350 e. The first-order valence-corrected chi connectivity index (χ1v) is 6.99. The van der Waals surface area contributed by atoms with E-state index in [2.05, 4.69) is 26.0 Å². The zero-order chi connectivity index (χ0) is 14.0. The molecule has 2 aromatic rings. The molecule has 0 radical (unpaired) electrons. The fraction of sp³-hybridized carbons (Fsp3) is 0.267. The lowest BCUT2D eigenvalue weighted by molar-refractivity contribution is 0.0533. The molecular formula is C15H17NO2S. The van der Waals surface area contributed by atoms with Gasteiger partial charge in [0.2, 0.25) is 0 Å². The predicted octanol–water partition coefficient (Wildman–Crippen LogP) is 3.79. The monoisotopic (exact) mass is 275 g/mol. The van der Waals surface area contributed by atoms with Gasteiger partial charge in [-0.15, -0.1) is 11.3 Å². The maximum Gasteiger partial charge on any atom is 0.350 e. The van der Waals surface area contributed by atoms with Gasteiger partial charge in [0.05, 0.1) is 12.3 Å². The number of nitrogens with two attached hydrogens (primary N) is 1. The van der Waals surface area contributed by atoms with Crippen LogP contribution in [0.2, 0.25) is 0 Å². The highest BCUT2D eigenvalue weighted by Gasteiger charge is 2.17. The van der Waals surface area contributed by atoms with Gasteiger partial charge in [-0.3, -0.25) is 0 Å². The number of thiophene rings is 1. The SMILES string of the molecule is CCOC(=O)c1sc(-c2c(C)cccc2C)cc1N. The number of benzene rings is 1. The standard InChI is InChI=1S/C15H17NO2S/c1-4-18-15(17)14-11(16)8-12(19-14)13-9(2)6-5-7-10(13)3/h5-8H,4,16H2,1-3H3. The summed E-state index contributed by atoms with van der Waals surface area (Å²) in [6, 6.07) is 7.99. The number of hydrogen-bond acceptors (Lipinski definition) is 4. The maximum absolute atomic E-state index is 11.8. The van der Waals surface area contributed by atoms with Gasteiger partial charge in [0.25, 0.3) is 0 Å². The number of nitrogen functional groups attached to an aromatic ring is 1. The Labute approximate surface area is 117 Å². The lowest BCUT2D eigenvalue weighted by Crippen LogP contribution is -2.04. The molecule has 3 nitrogen and oxygen atoms in total. The summed E-state index contributed by atoms with van der Waals surface area (Å²) in [5, 5.41) is 0. The normalized spacial score (nSPS) is 10.5. The molecule has 19 heavy (non-hydrogen) atoms. The Bertz CT molecular complexity index is 596. The minimum absolute atomic E-state index is 0.345. The Morgan fingerprint density at radius 2 is 1.95 bits per heavy atom. The number of anilines is 1. The molecule has 0 aliphatic carbocycles. The number of carbonyl (C=O) groups excluding carboxylic acids is 1. The fourth-order valence-electron chi connectivity index (χ4n) is 2.09. The van der Waals surface area contributed by atoms with E-state index in [4.69, 9.17) is 10.5 Å². The van der Waals surface area contributed by atoms with Crippen LogP contribution in [0.5, 0.6) is 0 Å². The summed E-state index contributed by atoms with van der Waals surface area (Å²) in [6.45, 7) is 6.26. The molecule has 0 aliphatic heterocycles. The van der Waals surface area contributed by atoms with Crippen LogP contribution < -0.4 is 5.73 Å². The molecule has 0 fully saturated rings. The van der Waals surface area contributed by atoms with E-state index in [1.54, 1.807) is 6.92 Å². The van der Waals surface area contributed by atoms with Gasteiger partial charge in [0.15, 0.2) is 0 Å². The zero-order valence-electron chi connectivity index (χ0n) is 11.3. The molecule has 100 valence electrons. The van der Waals surface area contributed by atoms with Gasteiger partial charge >= 0.3 is 5.97 Å². The average molecular weight is 275 g/mol. The summed E-state index contributed by atoms with van der Waals surface area (Å²) in [4.78, 5) is 13.3. The van der Waals surface area contributed by atoms with E-state index in [1.807, 2.05) is 12.1 Å². The van der Waals surface area contributed by atoms with E-state index in [1.165, 1.54) is 22.5 Å². The molecule has 0 atom stereocenters. The summed E-state index contributed by atoms with van der Waals surface area (Å²) in [7, 11) is 0. The van der Waals surface area contributed by atoms with E-state index in [-0.39, 0.29) is 5.97 Å². The number of rotatable bonds is 3. The Kier molecular flexibility index (Phi) is 3.90. The highest BCUT2D eigenvalue weighted by Crippen LogP contribution is 2.37. The van der Waals surface area contributed by atoms with Crippen molar-refractivity contribution in [1.82, 2.24) is 0 Å². The molecule has 0 saturated heterocycles. The quantitative estimate of drug-likeness (QED) is 0.867. The van der Waals surface area contributed by atoms with Gasteiger partial charge in [-0.1, -0.05) is 18.2 Å². The maximum atomic E-state index is 11.8. The molecule has 0 bridgehead atoms. The van der Waals surface area contributed by atoms with Gasteiger partial charge in [0, 0.05) is 4.88 Å². The lowest BCUT2D eigenvalue weighted by atomic mass is 10.0. The number of hydrogen-bond donors (Lipinski definition) is 1. The van der Waals surface area contributed by atoms with Crippen molar-refractivity contribution in [2.45, 2.75) is 20.8 Å². The second kappa shape index (κ2) is 5.45. The molecule has 0 aliphatic rings. The third-order valence-corrected chi connectivity index (χ3v) is 4.10. The number of carbonyl (C=O) groups is 1. The average Bonchev–Trinajstić information content (AvgIpc) is 2.71. The van der Waals surface area contributed by atoms with Gasteiger partial charge in [-0.2, -0.15) is 0 Å². The van der Waals surface area contributed by atoms with Crippen LogP contribution in [0.1, 0.15) is 27.7 Å². The van der Waals surface area contributed by atoms with Gasteiger partial charge in [0.1, 0.15) is 4.88 Å². The minimum atomic E-state index is -0.345. The highest BCUT2D eigenvalue weighted by atomic mass is 32.1. The summed E-state index contributed by atoms with van der Waals surface area (Å²) >= 11 is 1.39. The highest BCUT2D eigenvalue weighted by molar-refractivity contribution is 7.18. The first-order valence-electron chi connectivity index (χ1n) is 6.17. The topological polar surface area (TPSA) is 52.3 Å². The summed E-state index contributed by atoms with van der Waals surface area (Å²) in [6.07, 6.45) is 0. The van der Waals surface area contributed by atoms with Crippen molar-refractivity contribution in [2.75, 3.05) is 12.3 Å². The Morgan fingerprint density at radius 3 is 2.53 bits per heavy atom. The third-order valence-electron chi connectivity index (χ3n) is 2.95. The van der Waals surface area contributed by atoms with Crippen molar-refractivity contribution in [3.63, 3.8) is 0 Å². The molecule has 2 rings (SSSR count). The first-order chi connectivity index (χ1) is 9.04. The molecule has 0 spiro atoms. The molecule has 1 aromatic carbocycles. The van der Waals surface area contributed by atoms with E-state index in [0.29, 0.717) is 17.2 Å². The Morgan fingerprint density at radius 1 is 1.32 bits per heavy atom. The van der Waals surface area contributed by atoms with Crippen LogP contribution in [0.3, 0.4) is 0 Å². The van der Waals surface area contributed by atoms with Crippen molar-refractivity contribution in [2.24, 2.45) is 0 Å². The van der Waals surface area contributed by atoms with E-state index >= 15 is 0 Å². The van der Waals surface area contributed by atoms with Gasteiger partial charge < -0.3 is 10.5 Å². The second-order valence-electron chi connectivity index (χ2n) is 4.38. The molecule has 1 aromatic heterocycles. The van der Waals surface area contributed by atoms with Crippen molar-refractivity contribution < 1.29 is 9.53 Å².